The van der Waals surface area contributed by atoms with Crippen LogP contribution >= 0.6 is 0 Å². The van der Waals surface area contributed by atoms with Gasteiger partial charge in [-0.2, -0.15) is 0 Å². The van der Waals surface area contributed by atoms with E-state index in [-0.39, 0.29) is 30.8 Å². The van der Waals surface area contributed by atoms with E-state index >= 15 is 0 Å². The first kappa shape index (κ1) is 23.8. The molecule has 9 heteroatoms. The molecule has 194 valence electrons. The summed E-state index contributed by atoms with van der Waals surface area (Å²) in [5.41, 5.74) is 1.54. The van der Waals surface area contributed by atoms with Crippen molar-refractivity contribution in [2.45, 2.75) is 37.6 Å². The van der Waals surface area contributed by atoms with Crippen molar-refractivity contribution < 1.29 is 28.5 Å². The summed E-state index contributed by atoms with van der Waals surface area (Å²) < 4.78 is 23.2. The fourth-order valence-electron chi connectivity index (χ4n) is 5.32. The van der Waals surface area contributed by atoms with Crippen LogP contribution in [-0.2, 0) is 16.1 Å². The lowest BCUT2D eigenvalue weighted by atomic mass is 10.1. The van der Waals surface area contributed by atoms with Crippen LogP contribution in [0.4, 0.5) is 0 Å². The highest BCUT2D eigenvalue weighted by molar-refractivity contribution is 6.00. The van der Waals surface area contributed by atoms with E-state index < -0.39 is 6.04 Å². The number of benzene rings is 2. The SMILES string of the molecule is O=C1NC[C@@H]2C=CC[C@@H](CCOc3ccccc3C(=O)N3CCN(Cc4ccc5c(c4)OCO5)C[C@@H]13)O2. The Morgan fingerprint density at radius 2 is 1.86 bits per heavy atom. The van der Waals surface area contributed by atoms with Crippen LogP contribution in [0.5, 0.6) is 17.2 Å². The molecule has 0 spiro atoms. The lowest BCUT2D eigenvalue weighted by molar-refractivity contribution is -0.128. The van der Waals surface area contributed by atoms with Crippen LogP contribution in [0.1, 0.15) is 28.8 Å². The Hall–Kier alpha value is -3.56. The normalized spacial score (nSPS) is 25.9. The predicted octanol–water partition coefficient (Wildman–Crippen LogP) is 2.35. The van der Waals surface area contributed by atoms with Crippen LogP contribution < -0.4 is 19.5 Å². The molecule has 1 fully saturated rings. The van der Waals surface area contributed by atoms with E-state index in [1.807, 2.05) is 42.5 Å². The molecule has 0 aliphatic carbocycles. The summed E-state index contributed by atoms with van der Waals surface area (Å²) >= 11 is 0. The fourth-order valence-corrected chi connectivity index (χ4v) is 5.32. The molecule has 4 heterocycles. The predicted molar refractivity (Wildman–Crippen MR) is 135 cm³/mol. The van der Waals surface area contributed by atoms with Crippen LogP contribution in [-0.4, -0.2) is 79.4 Å². The average molecular weight is 506 g/mol. The van der Waals surface area contributed by atoms with Crippen LogP contribution in [0.25, 0.3) is 0 Å². The Kier molecular flexibility index (Phi) is 6.72. The lowest BCUT2D eigenvalue weighted by Gasteiger charge is -2.41. The number of nitrogens with zero attached hydrogens (tertiary/aromatic N) is 2. The lowest BCUT2D eigenvalue weighted by Crippen LogP contribution is -2.61. The highest BCUT2D eigenvalue weighted by Gasteiger charge is 2.37. The number of carbonyl (C=O) groups excluding carboxylic acids is 2. The molecule has 37 heavy (non-hydrogen) atoms. The summed E-state index contributed by atoms with van der Waals surface area (Å²) in [6, 6.07) is 12.5. The van der Waals surface area contributed by atoms with Gasteiger partial charge >= 0.3 is 0 Å². The third-order valence-electron chi connectivity index (χ3n) is 7.28. The number of para-hydroxylation sites is 1. The highest BCUT2D eigenvalue weighted by Crippen LogP contribution is 2.33. The molecule has 4 aliphatic rings. The molecule has 4 aliphatic heterocycles. The maximum Gasteiger partial charge on any atom is 0.258 e. The second-order valence-electron chi connectivity index (χ2n) is 9.78. The molecule has 1 saturated heterocycles. The molecule has 3 atom stereocenters. The van der Waals surface area contributed by atoms with Gasteiger partial charge in [0.1, 0.15) is 11.8 Å². The Morgan fingerprint density at radius 1 is 0.973 bits per heavy atom. The van der Waals surface area contributed by atoms with Gasteiger partial charge in [-0.25, -0.2) is 0 Å². The topological polar surface area (TPSA) is 89.6 Å². The van der Waals surface area contributed by atoms with Gasteiger partial charge in [0.05, 0.1) is 24.4 Å². The quantitative estimate of drug-likeness (QED) is 0.627. The van der Waals surface area contributed by atoms with Gasteiger partial charge in [0, 0.05) is 39.1 Å². The standard InChI is InChI=1S/C28H31N3O6/c32-27-23-17-30(16-19-8-9-25-26(14-19)36-18-35-25)11-12-31(23)28(33)22-6-1-2-7-24(22)34-13-10-20-4-3-5-21(37-20)15-29-27/h1-3,5-9,14,20-21,23H,4,10-13,15-18H2,(H,29,32)/t20-,21-,23-/m0/s1. The monoisotopic (exact) mass is 505 g/mol. The number of piperazine rings is 1. The number of ether oxygens (including phenoxy) is 4. The van der Waals surface area contributed by atoms with E-state index in [2.05, 4.69) is 16.3 Å². The molecule has 1 N–H and O–H groups in total. The smallest absolute Gasteiger partial charge is 0.258 e. The van der Waals surface area contributed by atoms with Gasteiger partial charge in [0.25, 0.3) is 5.91 Å². The highest BCUT2D eigenvalue weighted by atomic mass is 16.7. The molecular formula is C28H31N3O6. The zero-order chi connectivity index (χ0) is 25.2. The minimum Gasteiger partial charge on any atom is -0.493 e. The summed E-state index contributed by atoms with van der Waals surface area (Å²) in [6.45, 7) is 3.17. The molecule has 9 nitrogen and oxygen atoms in total. The van der Waals surface area contributed by atoms with Gasteiger partial charge in [-0.15, -0.1) is 0 Å². The van der Waals surface area contributed by atoms with Crippen molar-refractivity contribution in [2.24, 2.45) is 0 Å². The first-order valence-corrected chi connectivity index (χ1v) is 12.9. The minimum absolute atomic E-state index is 0.0149. The van der Waals surface area contributed by atoms with Crippen molar-refractivity contribution in [1.82, 2.24) is 15.1 Å². The Bertz CT molecular complexity index is 1200. The number of rotatable bonds is 2. The summed E-state index contributed by atoms with van der Waals surface area (Å²) in [5, 5.41) is 3.05. The van der Waals surface area contributed by atoms with Gasteiger partial charge in [-0.3, -0.25) is 14.5 Å². The first-order chi connectivity index (χ1) is 18.1. The molecule has 0 aromatic heterocycles. The summed E-state index contributed by atoms with van der Waals surface area (Å²) in [5.74, 6) is 1.64. The second kappa shape index (κ2) is 10.4. The molecule has 0 saturated carbocycles. The minimum atomic E-state index is -0.644. The number of amides is 2. The van der Waals surface area contributed by atoms with Crippen molar-refractivity contribution >= 4 is 11.8 Å². The van der Waals surface area contributed by atoms with Crippen LogP contribution in [0.2, 0.25) is 0 Å². The van der Waals surface area contributed by atoms with Crippen molar-refractivity contribution in [2.75, 3.05) is 39.6 Å². The Balaban J connectivity index is 1.25. The number of carbonyl (C=O) groups is 2. The number of hydrogen-bond acceptors (Lipinski definition) is 7. The maximum atomic E-state index is 13.8. The molecule has 0 radical (unpaired) electrons. The summed E-state index contributed by atoms with van der Waals surface area (Å²) in [6.07, 6.45) is 5.43. The second-order valence-corrected chi connectivity index (χ2v) is 9.78. The molecule has 2 aromatic rings. The Labute approximate surface area is 215 Å². The molecule has 2 amide bonds. The molecule has 6 rings (SSSR count). The fraction of sp³-hybridized carbons (Fsp3) is 0.429. The van der Waals surface area contributed by atoms with E-state index in [0.29, 0.717) is 57.1 Å². The van der Waals surface area contributed by atoms with E-state index in [0.717, 1.165) is 23.5 Å². The van der Waals surface area contributed by atoms with Crippen molar-refractivity contribution in [3.05, 3.63) is 65.7 Å². The van der Waals surface area contributed by atoms with E-state index in [1.54, 1.807) is 11.0 Å². The maximum absolute atomic E-state index is 13.8. The van der Waals surface area contributed by atoms with E-state index in [9.17, 15) is 9.59 Å². The van der Waals surface area contributed by atoms with Gasteiger partial charge in [-0.1, -0.05) is 30.4 Å². The van der Waals surface area contributed by atoms with E-state index in [4.69, 9.17) is 18.9 Å². The van der Waals surface area contributed by atoms with Gasteiger partial charge in [0.2, 0.25) is 12.7 Å². The van der Waals surface area contributed by atoms with Crippen LogP contribution in [0.15, 0.2) is 54.6 Å². The van der Waals surface area contributed by atoms with Crippen LogP contribution in [0.3, 0.4) is 0 Å². The van der Waals surface area contributed by atoms with Gasteiger partial charge in [-0.05, 0) is 36.2 Å². The largest absolute Gasteiger partial charge is 0.493 e. The van der Waals surface area contributed by atoms with Crippen LogP contribution in [0, 0.1) is 0 Å². The summed E-state index contributed by atoms with van der Waals surface area (Å²) in [4.78, 5) is 31.1. The molecular weight excluding hydrogens is 474 g/mol. The molecule has 2 bridgehead atoms. The average Bonchev–Trinajstić information content (AvgIpc) is 3.39. The van der Waals surface area contributed by atoms with Crippen molar-refractivity contribution in [1.29, 1.82) is 0 Å². The summed E-state index contributed by atoms with van der Waals surface area (Å²) in [7, 11) is 0. The number of fused-ring (bicyclic) bond motifs is 5. The number of hydrogen-bond donors (Lipinski definition) is 1. The van der Waals surface area contributed by atoms with E-state index in [1.165, 1.54) is 0 Å². The first-order valence-electron chi connectivity index (χ1n) is 12.9. The zero-order valence-electron chi connectivity index (χ0n) is 20.6. The number of nitrogens with one attached hydrogen (secondary N) is 1. The molecule has 0 unspecified atom stereocenters. The van der Waals surface area contributed by atoms with Crippen molar-refractivity contribution in [3.63, 3.8) is 0 Å². The zero-order valence-corrected chi connectivity index (χ0v) is 20.6. The Morgan fingerprint density at radius 3 is 2.81 bits per heavy atom. The van der Waals surface area contributed by atoms with Crippen molar-refractivity contribution in [3.8, 4) is 17.2 Å². The third kappa shape index (κ3) is 5.14. The van der Waals surface area contributed by atoms with Gasteiger partial charge < -0.3 is 29.2 Å². The third-order valence-corrected chi connectivity index (χ3v) is 7.28. The van der Waals surface area contributed by atoms with Gasteiger partial charge in [0.15, 0.2) is 11.5 Å². The molecule has 2 aromatic carbocycles.